The largest absolute Gasteiger partial charge is 0.453 e. The van der Waals surface area contributed by atoms with E-state index in [2.05, 4.69) is 11.8 Å². The van der Waals surface area contributed by atoms with Gasteiger partial charge in [0.1, 0.15) is 5.58 Å². The number of hydrogen-bond acceptors (Lipinski definition) is 3. The van der Waals surface area contributed by atoms with Gasteiger partial charge >= 0.3 is 0 Å². The number of carbonyl (C=O) groups excluding carboxylic acids is 1. The number of ketones is 1. The summed E-state index contributed by atoms with van der Waals surface area (Å²) in [6.07, 6.45) is 3.11. The van der Waals surface area contributed by atoms with Gasteiger partial charge in [-0.2, -0.15) is 0 Å². The number of hydrogen-bond donors (Lipinski definition) is 0. The van der Waals surface area contributed by atoms with E-state index < -0.39 is 5.54 Å². The fourth-order valence-electron chi connectivity index (χ4n) is 3.13. The highest BCUT2D eigenvalue weighted by molar-refractivity contribution is 6.31. The van der Waals surface area contributed by atoms with Crippen molar-refractivity contribution in [2.24, 2.45) is 0 Å². The van der Waals surface area contributed by atoms with Gasteiger partial charge in [0.2, 0.25) is 5.78 Å². The molecule has 1 atom stereocenters. The van der Waals surface area contributed by atoms with Gasteiger partial charge in [0.25, 0.3) is 0 Å². The van der Waals surface area contributed by atoms with Gasteiger partial charge in [0.05, 0.1) is 5.54 Å². The molecule has 112 valence electrons. The Morgan fingerprint density at radius 2 is 2.05 bits per heavy atom. The Kier molecular flexibility index (Phi) is 3.80. The van der Waals surface area contributed by atoms with Gasteiger partial charge < -0.3 is 4.42 Å². The van der Waals surface area contributed by atoms with Crippen LogP contribution in [0.2, 0.25) is 5.02 Å². The van der Waals surface area contributed by atoms with Gasteiger partial charge in [-0.05, 0) is 63.5 Å². The van der Waals surface area contributed by atoms with Crippen molar-refractivity contribution in [3.05, 3.63) is 35.0 Å². The number of benzene rings is 1. The van der Waals surface area contributed by atoms with Crippen molar-refractivity contribution >= 4 is 28.4 Å². The normalized spacial score (nSPS) is 19.0. The second kappa shape index (κ2) is 5.47. The van der Waals surface area contributed by atoms with Crippen LogP contribution in [0.4, 0.5) is 0 Å². The highest BCUT2D eigenvalue weighted by Gasteiger charge is 2.40. The number of fused-ring (bicyclic) bond motifs is 1. The molecular formula is C17H20ClNO2. The average Bonchev–Trinajstić information content (AvgIpc) is 3.14. The van der Waals surface area contributed by atoms with Crippen LogP contribution in [0.25, 0.3) is 11.0 Å². The molecule has 1 aromatic heterocycles. The Balaban J connectivity index is 1.97. The van der Waals surface area contributed by atoms with Crippen LogP contribution < -0.4 is 0 Å². The molecule has 0 radical (unpaired) electrons. The lowest BCUT2D eigenvalue weighted by Crippen LogP contribution is -2.50. The number of furan rings is 1. The van der Waals surface area contributed by atoms with Crippen LogP contribution in [0, 0.1) is 0 Å². The predicted molar refractivity (Wildman–Crippen MR) is 85.1 cm³/mol. The number of likely N-dealkylation sites (tertiary alicyclic amines) is 1. The average molecular weight is 306 g/mol. The summed E-state index contributed by atoms with van der Waals surface area (Å²) in [6, 6.07) is 7.23. The topological polar surface area (TPSA) is 33.5 Å². The molecule has 4 heteroatoms. The molecule has 0 N–H and O–H groups in total. The first-order valence-electron chi connectivity index (χ1n) is 7.53. The van der Waals surface area contributed by atoms with Gasteiger partial charge in [-0.15, -0.1) is 0 Å². The molecule has 1 aromatic carbocycles. The molecule has 1 aliphatic rings. The Morgan fingerprint density at radius 3 is 2.71 bits per heavy atom. The second-order valence-corrected chi connectivity index (χ2v) is 6.38. The van der Waals surface area contributed by atoms with E-state index in [0.29, 0.717) is 16.4 Å². The van der Waals surface area contributed by atoms with Crippen molar-refractivity contribution in [1.29, 1.82) is 0 Å². The minimum absolute atomic E-state index is 0.0687. The van der Waals surface area contributed by atoms with Gasteiger partial charge in [-0.1, -0.05) is 18.5 Å². The highest BCUT2D eigenvalue weighted by atomic mass is 35.5. The lowest BCUT2D eigenvalue weighted by molar-refractivity contribution is 0.0620. The molecule has 2 aromatic rings. The molecule has 1 unspecified atom stereocenters. The van der Waals surface area contributed by atoms with Crippen LogP contribution in [0.5, 0.6) is 0 Å². The van der Waals surface area contributed by atoms with Crippen LogP contribution in [0.3, 0.4) is 0 Å². The molecule has 0 amide bonds. The summed E-state index contributed by atoms with van der Waals surface area (Å²) in [4.78, 5) is 15.3. The van der Waals surface area contributed by atoms with Gasteiger partial charge in [-0.25, -0.2) is 0 Å². The van der Waals surface area contributed by atoms with Crippen molar-refractivity contribution in [3.8, 4) is 0 Å². The summed E-state index contributed by atoms with van der Waals surface area (Å²) < 4.78 is 5.76. The molecule has 3 nitrogen and oxygen atoms in total. The smallest absolute Gasteiger partial charge is 0.217 e. The van der Waals surface area contributed by atoms with Gasteiger partial charge in [0, 0.05) is 10.4 Å². The number of carbonyl (C=O) groups is 1. The summed E-state index contributed by atoms with van der Waals surface area (Å²) in [5.74, 6) is 0.503. The van der Waals surface area contributed by atoms with E-state index in [1.807, 2.05) is 25.1 Å². The van der Waals surface area contributed by atoms with Crippen molar-refractivity contribution in [2.45, 2.75) is 38.6 Å². The van der Waals surface area contributed by atoms with Crippen LogP contribution in [0.15, 0.2) is 28.7 Å². The quantitative estimate of drug-likeness (QED) is 0.778. The predicted octanol–water partition coefficient (Wildman–Crippen LogP) is 4.53. The van der Waals surface area contributed by atoms with E-state index in [1.54, 1.807) is 6.07 Å². The number of halogens is 1. The molecule has 1 saturated heterocycles. The zero-order valence-electron chi connectivity index (χ0n) is 12.5. The molecule has 0 aliphatic carbocycles. The SMILES string of the molecule is CCC(C)(C(=O)c1cc2cc(Cl)ccc2o1)N1CCCC1. The monoisotopic (exact) mass is 305 g/mol. The number of rotatable bonds is 4. The van der Waals surface area contributed by atoms with Gasteiger partial charge in [0.15, 0.2) is 5.76 Å². The van der Waals surface area contributed by atoms with Crippen molar-refractivity contribution in [2.75, 3.05) is 13.1 Å². The summed E-state index contributed by atoms with van der Waals surface area (Å²) in [7, 11) is 0. The third-order valence-corrected chi connectivity index (χ3v) is 4.92. The Labute approximate surface area is 129 Å². The highest BCUT2D eigenvalue weighted by Crippen LogP contribution is 2.31. The van der Waals surface area contributed by atoms with E-state index in [4.69, 9.17) is 16.0 Å². The fourth-order valence-corrected chi connectivity index (χ4v) is 3.31. The molecule has 0 saturated carbocycles. The molecule has 2 heterocycles. The Morgan fingerprint density at radius 1 is 1.33 bits per heavy atom. The third-order valence-electron chi connectivity index (χ3n) is 4.68. The van der Waals surface area contributed by atoms with Crippen LogP contribution >= 0.6 is 11.6 Å². The lowest BCUT2D eigenvalue weighted by Gasteiger charge is -2.35. The first-order chi connectivity index (χ1) is 10.0. The molecule has 1 fully saturated rings. The van der Waals surface area contributed by atoms with E-state index in [1.165, 1.54) is 12.8 Å². The second-order valence-electron chi connectivity index (χ2n) is 5.94. The summed E-state index contributed by atoms with van der Waals surface area (Å²) >= 11 is 5.99. The Hall–Kier alpha value is -1.32. The molecule has 0 bridgehead atoms. The van der Waals surface area contributed by atoms with Crippen molar-refractivity contribution in [1.82, 2.24) is 4.90 Å². The molecule has 3 rings (SSSR count). The fraction of sp³-hybridized carbons (Fsp3) is 0.471. The van der Waals surface area contributed by atoms with E-state index in [9.17, 15) is 4.79 Å². The zero-order valence-corrected chi connectivity index (χ0v) is 13.2. The van der Waals surface area contributed by atoms with E-state index >= 15 is 0 Å². The zero-order chi connectivity index (χ0) is 15.0. The van der Waals surface area contributed by atoms with Crippen LogP contribution in [-0.2, 0) is 0 Å². The van der Waals surface area contributed by atoms with E-state index in [0.717, 1.165) is 24.9 Å². The molecular weight excluding hydrogens is 286 g/mol. The summed E-state index contributed by atoms with van der Waals surface area (Å²) in [5.41, 5.74) is 0.233. The standard InChI is InChI=1S/C17H20ClNO2/c1-3-17(2,19-8-4-5-9-19)16(20)15-11-12-10-13(18)6-7-14(12)21-15/h6-7,10-11H,3-5,8-9H2,1-2H3. The minimum Gasteiger partial charge on any atom is -0.453 e. The number of nitrogens with zero attached hydrogens (tertiary/aromatic N) is 1. The molecule has 1 aliphatic heterocycles. The number of Topliss-reactive ketones (excluding diaryl/α,β-unsaturated/α-hetero) is 1. The van der Waals surface area contributed by atoms with Crippen LogP contribution in [-0.4, -0.2) is 29.3 Å². The van der Waals surface area contributed by atoms with Crippen LogP contribution in [0.1, 0.15) is 43.7 Å². The maximum absolute atomic E-state index is 13.0. The van der Waals surface area contributed by atoms with Gasteiger partial charge in [-0.3, -0.25) is 9.69 Å². The minimum atomic E-state index is -0.478. The van der Waals surface area contributed by atoms with Crippen molar-refractivity contribution < 1.29 is 9.21 Å². The lowest BCUT2D eigenvalue weighted by atomic mass is 9.89. The molecule has 0 spiro atoms. The molecule has 21 heavy (non-hydrogen) atoms. The maximum atomic E-state index is 13.0. The first-order valence-corrected chi connectivity index (χ1v) is 7.91. The van der Waals surface area contributed by atoms with Crippen molar-refractivity contribution in [3.63, 3.8) is 0 Å². The first kappa shape index (κ1) is 14.6. The summed E-state index contributed by atoms with van der Waals surface area (Å²) in [5, 5.41) is 1.53. The van der Waals surface area contributed by atoms with E-state index in [-0.39, 0.29) is 5.78 Å². The Bertz CT molecular complexity index is 672. The summed E-state index contributed by atoms with van der Waals surface area (Å²) in [6.45, 7) is 6.07. The maximum Gasteiger partial charge on any atom is 0.217 e. The third kappa shape index (κ3) is 2.49.